The van der Waals surface area contributed by atoms with Crippen molar-refractivity contribution in [1.82, 2.24) is 10.3 Å². The quantitative estimate of drug-likeness (QED) is 0.767. The number of nitrogens with zero attached hydrogens (tertiary/aromatic N) is 1. The van der Waals surface area contributed by atoms with Crippen LogP contribution in [0.25, 0.3) is 0 Å². The van der Waals surface area contributed by atoms with Gasteiger partial charge in [-0.3, -0.25) is 4.98 Å². The van der Waals surface area contributed by atoms with Crippen LogP contribution in [0.5, 0.6) is 0 Å². The number of benzene rings is 1. The van der Waals surface area contributed by atoms with Gasteiger partial charge in [-0.1, -0.05) is 25.1 Å². The van der Waals surface area contributed by atoms with E-state index in [1.54, 1.807) is 11.8 Å². The molecule has 0 fully saturated rings. The Labute approximate surface area is 132 Å². The van der Waals surface area contributed by atoms with E-state index in [1.807, 2.05) is 12.3 Å². The molecule has 1 N–H and O–H groups in total. The van der Waals surface area contributed by atoms with Crippen LogP contribution in [0, 0.1) is 6.92 Å². The lowest BCUT2D eigenvalue weighted by Crippen LogP contribution is -2.24. The summed E-state index contributed by atoms with van der Waals surface area (Å²) >= 11 is 1.78. The van der Waals surface area contributed by atoms with Gasteiger partial charge in [-0.05, 0) is 55.5 Å². The highest BCUT2D eigenvalue weighted by Gasteiger charge is 2.13. The summed E-state index contributed by atoms with van der Waals surface area (Å²) in [4.78, 5) is 5.85. The first-order chi connectivity index (χ1) is 10.2. The number of aromatic nitrogens is 1. The lowest BCUT2D eigenvalue weighted by molar-refractivity contribution is 0.523. The molecule has 0 aliphatic carbocycles. The summed E-state index contributed by atoms with van der Waals surface area (Å²) in [6.07, 6.45) is 6.07. The van der Waals surface area contributed by atoms with Gasteiger partial charge in [0.05, 0.1) is 0 Å². The van der Waals surface area contributed by atoms with Gasteiger partial charge in [0.15, 0.2) is 0 Å². The van der Waals surface area contributed by atoms with Crippen LogP contribution in [0.15, 0.2) is 47.5 Å². The first-order valence-corrected chi connectivity index (χ1v) is 8.75. The third-order valence-electron chi connectivity index (χ3n) is 3.67. The molecule has 1 heterocycles. The standard InChI is InChI=1S/C18H24N2S/c1-4-11-19-18(13-17-14(2)6-5-12-20-17)15-7-9-16(21-3)10-8-15/h5-10,12,18-19H,4,11,13H2,1-3H3. The van der Waals surface area contributed by atoms with Gasteiger partial charge < -0.3 is 5.32 Å². The Morgan fingerprint density at radius 3 is 2.57 bits per heavy atom. The van der Waals surface area contributed by atoms with Gasteiger partial charge >= 0.3 is 0 Å². The molecule has 0 spiro atoms. The average Bonchev–Trinajstić information content (AvgIpc) is 2.53. The SMILES string of the molecule is CCCNC(Cc1ncccc1C)c1ccc(SC)cc1. The molecule has 0 bridgehead atoms. The highest BCUT2D eigenvalue weighted by molar-refractivity contribution is 7.98. The van der Waals surface area contributed by atoms with Crippen LogP contribution in [0.3, 0.4) is 0 Å². The smallest absolute Gasteiger partial charge is 0.0451 e. The average molecular weight is 300 g/mol. The number of hydrogen-bond donors (Lipinski definition) is 1. The first-order valence-electron chi connectivity index (χ1n) is 7.52. The molecule has 0 aliphatic rings. The molecular weight excluding hydrogens is 276 g/mol. The summed E-state index contributed by atoms with van der Waals surface area (Å²) in [6, 6.07) is 13.3. The maximum absolute atomic E-state index is 4.54. The second kappa shape index (κ2) is 8.20. The number of nitrogens with one attached hydrogen (secondary N) is 1. The van der Waals surface area contributed by atoms with Crippen LogP contribution in [0.2, 0.25) is 0 Å². The largest absolute Gasteiger partial charge is 0.310 e. The van der Waals surface area contributed by atoms with E-state index < -0.39 is 0 Å². The van der Waals surface area contributed by atoms with Crippen molar-refractivity contribution in [2.45, 2.75) is 37.6 Å². The van der Waals surface area contributed by atoms with E-state index in [9.17, 15) is 0 Å². The molecule has 0 saturated heterocycles. The highest BCUT2D eigenvalue weighted by atomic mass is 32.2. The molecule has 2 nitrogen and oxygen atoms in total. The van der Waals surface area contributed by atoms with Crippen molar-refractivity contribution in [2.75, 3.05) is 12.8 Å². The van der Waals surface area contributed by atoms with Crippen molar-refractivity contribution in [2.24, 2.45) is 0 Å². The molecule has 2 rings (SSSR count). The van der Waals surface area contributed by atoms with Crippen LogP contribution in [-0.2, 0) is 6.42 Å². The number of aryl methyl sites for hydroxylation is 1. The van der Waals surface area contributed by atoms with Gasteiger partial charge in [0.25, 0.3) is 0 Å². The zero-order chi connectivity index (χ0) is 15.1. The molecule has 1 unspecified atom stereocenters. The van der Waals surface area contributed by atoms with Crippen LogP contribution in [0.1, 0.15) is 36.2 Å². The minimum atomic E-state index is 0.328. The van der Waals surface area contributed by atoms with Gasteiger partial charge in [-0.2, -0.15) is 0 Å². The predicted octanol–water partition coefficient (Wildman–Crippen LogP) is 4.40. The number of pyridine rings is 1. The number of hydrogen-bond acceptors (Lipinski definition) is 3. The van der Waals surface area contributed by atoms with Crippen molar-refractivity contribution in [3.05, 3.63) is 59.4 Å². The van der Waals surface area contributed by atoms with E-state index in [2.05, 4.69) is 60.7 Å². The molecule has 2 aromatic rings. The Balaban J connectivity index is 2.18. The van der Waals surface area contributed by atoms with E-state index >= 15 is 0 Å². The molecule has 1 aromatic carbocycles. The second-order valence-corrected chi connectivity index (χ2v) is 6.13. The van der Waals surface area contributed by atoms with E-state index in [0.29, 0.717) is 6.04 Å². The van der Waals surface area contributed by atoms with Crippen LogP contribution >= 0.6 is 11.8 Å². The van der Waals surface area contributed by atoms with Crippen molar-refractivity contribution in [3.8, 4) is 0 Å². The van der Waals surface area contributed by atoms with Gasteiger partial charge in [0.1, 0.15) is 0 Å². The van der Waals surface area contributed by atoms with Crippen molar-refractivity contribution in [1.29, 1.82) is 0 Å². The summed E-state index contributed by atoms with van der Waals surface area (Å²) in [6.45, 7) is 5.36. The third kappa shape index (κ3) is 4.58. The molecule has 0 saturated carbocycles. The van der Waals surface area contributed by atoms with E-state index in [-0.39, 0.29) is 0 Å². The topological polar surface area (TPSA) is 24.9 Å². The lowest BCUT2D eigenvalue weighted by Gasteiger charge is -2.20. The van der Waals surface area contributed by atoms with Crippen molar-refractivity contribution >= 4 is 11.8 Å². The van der Waals surface area contributed by atoms with Gasteiger partial charge in [-0.25, -0.2) is 0 Å². The molecule has 21 heavy (non-hydrogen) atoms. The Hall–Kier alpha value is -1.32. The van der Waals surface area contributed by atoms with Crippen LogP contribution in [-0.4, -0.2) is 17.8 Å². The Bertz CT molecular complexity index is 551. The molecule has 112 valence electrons. The van der Waals surface area contributed by atoms with E-state index in [4.69, 9.17) is 0 Å². The molecule has 1 atom stereocenters. The number of rotatable bonds is 7. The summed E-state index contributed by atoms with van der Waals surface area (Å²) in [5, 5.41) is 3.65. The summed E-state index contributed by atoms with van der Waals surface area (Å²) in [5.41, 5.74) is 3.79. The Morgan fingerprint density at radius 2 is 1.95 bits per heavy atom. The highest BCUT2D eigenvalue weighted by Crippen LogP contribution is 2.22. The first kappa shape index (κ1) is 16.1. The summed E-state index contributed by atoms with van der Waals surface area (Å²) < 4.78 is 0. The fourth-order valence-corrected chi connectivity index (χ4v) is 2.80. The predicted molar refractivity (Wildman–Crippen MR) is 91.9 cm³/mol. The summed E-state index contributed by atoms with van der Waals surface area (Å²) in [5.74, 6) is 0. The Morgan fingerprint density at radius 1 is 1.19 bits per heavy atom. The zero-order valence-corrected chi connectivity index (χ0v) is 13.9. The van der Waals surface area contributed by atoms with Crippen molar-refractivity contribution in [3.63, 3.8) is 0 Å². The maximum Gasteiger partial charge on any atom is 0.0451 e. The van der Waals surface area contributed by atoms with E-state index in [1.165, 1.54) is 21.7 Å². The van der Waals surface area contributed by atoms with Gasteiger partial charge in [0.2, 0.25) is 0 Å². The lowest BCUT2D eigenvalue weighted by atomic mass is 9.99. The molecule has 3 heteroatoms. The Kier molecular flexibility index (Phi) is 6.27. The maximum atomic E-state index is 4.54. The molecule has 1 aromatic heterocycles. The van der Waals surface area contributed by atoms with E-state index in [0.717, 1.165) is 19.4 Å². The number of thioether (sulfide) groups is 1. The minimum Gasteiger partial charge on any atom is -0.310 e. The van der Waals surface area contributed by atoms with Gasteiger partial charge in [-0.15, -0.1) is 11.8 Å². The third-order valence-corrected chi connectivity index (χ3v) is 4.42. The summed E-state index contributed by atoms with van der Waals surface area (Å²) in [7, 11) is 0. The van der Waals surface area contributed by atoms with Gasteiger partial charge in [0, 0.05) is 29.2 Å². The normalized spacial score (nSPS) is 12.3. The molecule has 0 amide bonds. The zero-order valence-electron chi connectivity index (χ0n) is 13.1. The monoisotopic (exact) mass is 300 g/mol. The molecule has 0 aliphatic heterocycles. The second-order valence-electron chi connectivity index (χ2n) is 5.25. The fraction of sp³-hybridized carbons (Fsp3) is 0.389. The minimum absolute atomic E-state index is 0.328. The molecule has 0 radical (unpaired) electrons. The van der Waals surface area contributed by atoms with Crippen LogP contribution in [0.4, 0.5) is 0 Å². The fourth-order valence-electron chi connectivity index (χ4n) is 2.39. The molecular formula is C18H24N2S. The van der Waals surface area contributed by atoms with Crippen molar-refractivity contribution < 1.29 is 0 Å². The van der Waals surface area contributed by atoms with Crippen LogP contribution < -0.4 is 5.32 Å².